The first-order valence-electron chi connectivity index (χ1n) is 6.40. The van der Waals surface area contributed by atoms with Crippen LogP contribution in [0.15, 0.2) is 22.7 Å². The molecule has 0 unspecified atom stereocenters. The van der Waals surface area contributed by atoms with Crippen molar-refractivity contribution in [2.24, 2.45) is 11.7 Å². The Morgan fingerprint density at radius 1 is 1.24 bits per heavy atom. The third kappa shape index (κ3) is 4.68. The summed E-state index contributed by atoms with van der Waals surface area (Å²) in [6.45, 7) is 1.65. The van der Waals surface area contributed by atoms with Gasteiger partial charge in [0.25, 0.3) is 0 Å². The molecule has 1 fully saturated rings. The van der Waals surface area contributed by atoms with Gasteiger partial charge < -0.3 is 10.5 Å². The van der Waals surface area contributed by atoms with Crippen LogP contribution in [0.1, 0.15) is 31.2 Å². The maximum atomic E-state index is 5.80. The molecule has 0 spiro atoms. The van der Waals surface area contributed by atoms with Gasteiger partial charge >= 0.3 is 0 Å². The van der Waals surface area contributed by atoms with Crippen molar-refractivity contribution in [3.8, 4) is 5.75 Å². The van der Waals surface area contributed by atoms with Gasteiger partial charge in [-0.25, -0.2) is 0 Å². The lowest BCUT2D eigenvalue weighted by Gasteiger charge is -2.08. The fraction of sp³-hybridized carbons (Fsp3) is 0.571. The van der Waals surface area contributed by atoms with E-state index in [0.29, 0.717) is 0 Å². The molecule has 0 saturated heterocycles. The topological polar surface area (TPSA) is 35.2 Å². The highest BCUT2D eigenvalue weighted by Crippen LogP contribution is 2.30. The highest BCUT2D eigenvalue weighted by atomic mass is 79.9. The molecule has 0 heterocycles. The van der Waals surface area contributed by atoms with Gasteiger partial charge in [0, 0.05) is 4.47 Å². The number of nitrogens with two attached hydrogens (primary N) is 1. The second kappa shape index (κ2) is 6.41. The lowest BCUT2D eigenvalue weighted by molar-refractivity contribution is 0.299. The molecule has 1 aromatic carbocycles. The summed E-state index contributed by atoms with van der Waals surface area (Å²) in [6, 6.07) is 6.37. The fourth-order valence-electron chi connectivity index (χ4n) is 1.82. The van der Waals surface area contributed by atoms with E-state index in [2.05, 4.69) is 34.1 Å². The quantitative estimate of drug-likeness (QED) is 0.782. The summed E-state index contributed by atoms with van der Waals surface area (Å²) in [4.78, 5) is 0. The van der Waals surface area contributed by atoms with Crippen LogP contribution in [0.2, 0.25) is 0 Å². The average Bonchev–Trinajstić information content (AvgIpc) is 3.10. The summed E-state index contributed by atoms with van der Waals surface area (Å²) in [5.74, 6) is 1.80. The van der Waals surface area contributed by atoms with E-state index >= 15 is 0 Å². The summed E-state index contributed by atoms with van der Waals surface area (Å²) in [5.41, 5.74) is 6.84. The number of hydrogen-bond acceptors (Lipinski definition) is 2. The third-order valence-corrected chi connectivity index (χ3v) is 3.49. The first kappa shape index (κ1) is 12.9. The Morgan fingerprint density at radius 2 is 2.06 bits per heavy atom. The van der Waals surface area contributed by atoms with E-state index in [4.69, 9.17) is 10.5 Å². The Morgan fingerprint density at radius 3 is 2.76 bits per heavy atom. The summed E-state index contributed by atoms with van der Waals surface area (Å²) in [5, 5.41) is 0. The molecule has 2 nitrogen and oxygen atoms in total. The van der Waals surface area contributed by atoms with Gasteiger partial charge in [0.05, 0.1) is 6.61 Å². The van der Waals surface area contributed by atoms with Gasteiger partial charge in [0.1, 0.15) is 5.75 Å². The molecular weight excluding hydrogens is 278 g/mol. The second-order valence-corrected chi connectivity index (χ2v) is 5.71. The van der Waals surface area contributed by atoms with Gasteiger partial charge in [-0.05, 0) is 68.3 Å². The van der Waals surface area contributed by atoms with Crippen molar-refractivity contribution >= 4 is 15.9 Å². The molecule has 0 aliphatic heterocycles. The SMILES string of the molecule is NCCCCc1cc(Br)cc(OCC2CC2)c1. The molecule has 0 aromatic heterocycles. The Kier molecular flexibility index (Phi) is 4.86. The molecule has 0 amide bonds. The lowest BCUT2D eigenvalue weighted by atomic mass is 10.1. The van der Waals surface area contributed by atoms with Crippen molar-refractivity contribution in [3.63, 3.8) is 0 Å². The monoisotopic (exact) mass is 297 g/mol. The molecule has 1 aliphatic rings. The molecule has 3 heteroatoms. The molecule has 1 saturated carbocycles. The van der Waals surface area contributed by atoms with E-state index in [9.17, 15) is 0 Å². The predicted molar refractivity (Wildman–Crippen MR) is 74.4 cm³/mol. The predicted octanol–water partition coefficient (Wildman–Crippen LogP) is 3.52. The Bertz CT molecular complexity index is 363. The normalized spacial score (nSPS) is 14.9. The number of unbranched alkanes of at least 4 members (excludes halogenated alkanes) is 1. The second-order valence-electron chi connectivity index (χ2n) is 4.80. The van der Waals surface area contributed by atoms with Crippen molar-refractivity contribution in [2.75, 3.05) is 13.2 Å². The number of benzene rings is 1. The van der Waals surface area contributed by atoms with Crippen LogP contribution in [0, 0.1) is 5.92 Å². The van der Waals surface area contributed by atoms with Crippen LogP contribution in [0.5, 0.6) is 5.75 Å². The third-order valence-electron chi connectivity index (χ3n) is 3.03. The molecule has 1 aliphatic carbocycles. The summed E-state index contributed by atoms with van der Waals surface area (Å²) >= 11 is 3.54. The zero-order valence-electron chi connectivity index (χ0n) is 10.1. The van der Waals surface area contributed by atoms with Crippen LogP contribution in [0.4, 0.5) is 0 Å². The van der Waals surface area contributed by atoms with E-state index in [-0.39, 0.29) is 0 Å². The lowest BCUT2D eigenvalue weighted by Crippen LogP contribution is -2.01. The van der Waals surface area contributed by atoms with Crippen LogP contribution in [-0.2, 0) is 6.42 Å². The Balaban J connectivity index is 1.90. The standard InChI is InChI=1S/C14H20BrNO/c15-13-7-12(3-1-2-6-16)8-14(9-13)17-10-11-4-5-11/h7-9,11H,1-6,10,16H2. The fourth-order valence-corrected chi connectivity index (χ4v) is 2.34. The smallest absolute Gasteiger partial charge is 0.120 e. The minimum atomic E-state index is 0.777. The van der Waals surface area contributed by atoms with Crippen molar-refractivity contribution in [3.05, 3.63) is 28.2 Å². The van der Waals surface area contributed by atoms with Crippen LogP contribution in [0.25, 0.3) is 0 Å². The van der Waals surface area contributed by atoms with Crippen molar-refractivity contribution in [1.82, 2.24) is 0 Å². The molecule has 2 rings (SSSR count). The van der Waals surface area contributed by atoms with Crippen molar-refractivity contribution in [2.45, 2.75) is 32.1 Å². The molecule has 2 N–H and O–H groups in total. The molecular formula is C14H20BrNO. The van der Waals surface area contributed by atoms with E-state index in [1.165, 1.54) is 18.4 Å². The number of halogens is 1. The molecule has 94 valence electrons. The van der Waals surface area contributed by atoms with E-state index < -0.39 is 0 Å². The van der Waals surface area contributed by atoms with Gasteiger partial charge in [-0.1, -0.05) is 15.9 Å². The van der Waals surface area contributed by atoms with Gasteiger partial charge in [-0.15, -0.1) is 0 Å². The highest BCUT2D eigenvalue weighted by Gasteiger charge is 2.21. The van der Waals surface area contributed by atoms with Gasteiger partial charge in [0.15, 0.2) is 0 Å². The molecule has 0 radical (unpaired) electrons. The van der Waals surface area contributed by atoms with Crippen molar-refractivity contribution < 1.29 is 4.74 Å². The Labute approximate surface area is 112 Å². The minimum Gasteiger partial charge on any atom is -0.493 e. The van der Waals surface area contributed by atoms with Crippen LogP contribution in [-0.4, -0.2) is 13.2 Å². The first-order valence-corrected chi connectivity index (χ1v) is 7.19. The van der Waals surface area contributed by atoms with Crippen LogP contribution < -0.4 is 10.5 Å². The molecule has 0 bridgehead atoms. The molecule has 0 atom stereocenters. The van der Waals surface area contributed by atoms with Crippen LogP contribution >= 0.6 is 15.9 Å². The van der Waals surface area contributed by atoms with E-state index in [1.54, 1.807) is 0 Å². The minimum absolute atomic E-state index is 0.777. The van der Waals surface area contributed by atoms with Gasteiger partial charge in [-0.2, -0.15) is 0 Å². The number of ether oxygens (including phenoxy) is 1. The Hall–Kier alpha value is -0.540. The maximum Gasteiger partial charge on any atom is 0.120 e. The van der Waals surface area contributed by atoms with Gasteiger partial charge in [0.2, 0.25) is 0 Å². The molecule has 17 heavy (non-hydrogen) atoms. The van der Waals surface area contributed by atoms with E-state index in [0.717, 1.165) is 48.6 Å². The number of aryl methyl sites for hydroxylation is 1. The largest absolute Gasteiger partial charge is 0.493 e. The highest BCUT2D eigenvalue weighted by molar-refractivity contribution is 9.10. The number of hydrogen-bond donors (Lipinski definition) is 1. The zero-order valence-corrected chi connectivity index (χ0v) is 11.7. The first-order chi connectivity index (χ1) is 8.28. The number of rotatable bonds is 7. The maximum absolute atomic E-state index is 5.80. The summed E-state index contributed by atoms with van der Waals surface area (Å²) in [7, 11) is 0. The zero-order chi connectivity index (χ0) is 12.1. The summed E-state index contributed by atoms with van der Waals surface area (Å²) in [6.07, 6.45) is 5.98. The van der Waals surface area contributed by atoms with Gasteiger partial charge in [-0.3, -0.25) is 0 Å². The van der Waals surface area contributed by atoms with E-state index in [1.807, 2.05) is 0 Å². The van der Waals surface area contributed by atoms with Crippen LogP contribution in [0.3, 0.4) is 0 Å². The summed E-state index contributed by atoms with van der Waals surface area (Å²) < 4.78 is 6.91. The molecule has 1 aromatic rings. The average molecular weight is 298 g/mol. The van der Waals surface area contributed by atoms with Crippen molar-refractivity contribution in [1.29, 1.82) is 0 Å².